The van der Waals surface area contributed by atoms with E-state index in [-0.39, 0.29) is 27.1 Å². The molecule has 0 atom stereocenters. The summed E-state index contributed by atoms with van der Waals surface area (Å²) in [5, 5.41) is 0. The van der Waals surface area contributed by atoms with Crippen LogP contribution >= 0.6 is 0 Å². The van der Waals surface area contributed by atoms with Crippen molar-refractivity contribution in [1.82, 2.24) is 0 Å². The molecule has 0 aliphatic rings. The Labute approximate surface area is 289 Å². The van der Waals surface area contributed by atoms with E-state index in [0.717, 1.165) is 50.1 Å². The van der Waals surface area contributed by atoms with Crippen LogP contribution in [0.25, 0.3) is 33.4 Å². The van der Waals surface area contributed by atoms with Crippen LogP contribution in [-0.4, -0.2) is 0 Å². The van der Waals surface area contributed by atoms with E-state index in [0.29, 0.717) is 11.1 Å². The average molecular weight is 655 g/mol. The van der Waals surface area contributed by atoms with E-state index >= 15 is 13.2 Å². The first kappa shape index (κ1) is 37.5. The molecule has 0 spiro atoms. The van der Waals surface area contributed by atoms with Crippen LogP contribution < -0.4 is 0 Å². The molecule has 0 fully saturated rings. The number of alkyl halides is 3. The van der Waals surface area contributed by atoms with Crippen molar-refractivity contribution in [3.8, 4) is 33.4 Å². The summed E-state index contributed by atoms with van der Waals surface area (Å²) < 4.78 is 45.2. The van der Waals surface area contributed by atoms with Gasteiger partial charge in [0.1, 0.15) is 0 Å². The normalized spacial score (nSPS) is 13.6. The Hall–Kier alpha value is -3.33. The van der Waals surface area contributed by atoms with E-state index < -0.39 is 11.7 Å². The minimum atomic E-state index is -4.53. The quantitative estimate of drug-likeness (QED) is 0.206. The van der Waals surface area contributed by atoms with Crippen LogP contribution in [0.3, 0.4) is 0 Å². The van der Waals surface area contributed by atoms with Gasteiger partial charge in [-0.2, -0.15) is 13.2 Å². The molecule has 0 radical (unpaired) electrons. The summed E-state index contributed by atoms with van der Waals surface area (Å²) in [6.45, 7) is 32.5. The predicted octanol–water partition coefficient (Wildman–Crippen LogP) is 14.2. The van der Waals surface area contributed by atoms with Gasteiger partial charge in [-0.3, -0.25) is 0 Å². The molecule has 0 unspecified atom stereocenters. The predicted molar refractivity (Wildman–Crippen MR) is 201 cm³/mol. The van der Waals surface area contributed by atoms with Crippen molar-refractivity contribution in [2.75, 3.05) is 0 Å². The highest BCUT2D eigenvalue weighted by atomic mass is 19.4. The monoisotopic (exact) mass is 654 g/mol. The summed E-state index contributed by atoms with van der Waals surface area (Å²) in [7, 11) is 0. The molecule has 0 aromatic heterocycles. The van der Waals surface area contributed by atoms with Gasteiger partial charge in [-0.1, -0.05) is 165 Å². The summed E-state index contributed by atoms with van der Waals surface area (Å²) in [6, 6.07) is 24.0. The summed E-state index contributed by atoms with van der Waals surface area (Å²) in [6.07, 6.45) is -4.53. The van der Waals surface area contributed by atoms with Crippen molar-refractivity contribution >= 4 is 0 Å². The Bertz CT molecular complexity index is 1640. The molecule has 4 rings (SSSR count). The topological polar surface area (TPSA) is 0 Å². The van der Waals surface area contributed by atoms with E-state index in [1.165, 1.54) is 12.1 Å². The lowest BCUT2D eigenvalue weighted by molar-refractivity contribution is -0.137. The highest BCUT2D eigenvalue weighted by molar-refractivity contribution is 5.97. The number of hydrogen-bond acceptors (Lipinski definition) is 0. The fraction of sp³-hybridized carbons (Fsp3) is 0.467. The van der Waals surface area contributed by atoms with Gasteiger partial charge in [-0.05, 0) is 100 Å². The summed E-state index contributed by atoms with van der Waals surface area (Å²) in [5.41, 5.74) is 8.42. The Morgan fingerprint density at radius 2 is 0.688 bits per heavy atom. The lowest BCUT2D eigenvalue weighted by atomic mass is 9.74. The minimum absolute atomic E-state index is 0.202. The van der Waals surface area contributed by atoms with Gasteiger partial charge < -0.3 is 0 Å². The van der Waals surface area contributed by atoms with Crippen LogP contribution in [0.4, 0.5) is 13.2 Å². The molecule has 0 amide bonds. The van der Waals surface area contributed by atoms with E-state index in [2.05, 4.69) is 152 Å². The Morgan fingerprint density at radius 1 is 0.354 bits per heavy atom. The van der Waals surface area contributed by atoms with Gasteiger partial charge in [0.15, 0.2) is 0 Å². The van der Waals surface area contributed by atoms with Crippen LogP contribution in [-0.2, 0) is 33.3 Å². The molecular weight excluding hydrogens is 597 g/mol. The molecule has 258 valence electrons. The van der Waals surface area contributed by atoms with Crippen molar-refractivity contribution in [1.29, 1.82) is 0 Å². The van der Waals surface area contributed by atoms with Gasteiger partial charge in [0.2, 0.25) is 0 Å². The van der Waals surface area contributed by atoms with Crippen LogP contribution in [0, 0.1) is 0 Å². The molecule has 3 heteroatoms. The average Bonchev–Trinajstić information content (AvgIpc) is 2.93. The molecule has 0 saturated heterocycles. The number of halogens is 3. The smallest absolute Gasteiger partial charge is 0.166 e. The Morgan fingerprint density at radius 3 is 0.979 bits per heavy atom. The van der Waals surface area contributed by atoms with E-state index in [1.807, 2.05) is 12.1 Å². The van der Waals surface area contributed by atoms with Gasteiger partial charge >= 0.3 is 6.18 Å². The third-order valence-electron chi connectivity index (χ3n) is 9.42. The maximum absolute atomic E-state index is 15.1. The lowest BCUT2D eigenvalue weighted by Gasteiger charge is -2.30. The van der Waals surface area contributed by atoms with Crippen LogP contribution in [0.1, 0.15) is 137 Å². The second-order valence-corrected chi connectivity index (χ2v) is 18.8. The largest absolute Gasteiger partial charge is 0.416 e. The van der Waals surface area contributed by atoms with Crippen molar-refractivity contribution in [2.45, 2.75) is 137 Å². The molecule has 0 aliphatic heterocycles. The third-order valence-corrected chi connectivity index (χ3v) is 9.42. The Kier molecular flexibility index (Phi) is 9.54. The van der Waals surface area contributed by atoms with Crippen molar-refractivity contribution < 1.29 is 13.2 Å². The molecule has 4 aromatic carbocycles. The number of benzene rings is 4. The molecule has 0 saturated carbocycles. The van der Waals surface area contributed by atoms with Crippen molar-refractivity contribution in [3.63, 3.8) is 0 Å². The van der Waals surface area contributed by atoms with Crippen molar-refractivity contribution in [2.24, 2.45) is 0 Å². The molecule has 0 aliphatic carbocycles. The molecule has 4 aromatic rings. The first-order chi connectivity index (χ1) is 21.6. The van der Waals surface area contributed by atoms with E-state index in [1.54, 1.807) is 0 Å². The highest BCUT2D eigenvalue weighted by Gasteiger charge is 2.35. The maximum atomic E-state index is 15.1. The highest BCUT2D eigenvalue weighted by Crippen LogP contribution is 2.49. The van der Waals surface area contributed by atoms with Crippen LogP contribution in [0.2, 0.25) is 0 Å². The summed E-state index contributed by atoms with van der Waals surface area (Å²) >= 11 is 0. The Balaban J connectivity index is 2.35. The zero-order chi connectivity index (χ0) is 36.4. The summed E-state index contributed by atoms with van der Waals surface area (Å²) in [4.78, 5) is 0. The fourth-order valence-corrected chi connectivity index (χ4v) is 6.20. The third kappa shape index (κ3) is 8.10. The molecule has 0 nitrogen and oxygen atoms in total. The standard InChI is InChI=1S/C45H57F3/c1-40(2,3)30-20-28(21-31(24-30)41(4,5)6)36-26-34(45(46,47)48)27-37(39(36)35-18-16-17-19-38(35)44(13,14)15)29-22-32(42(7,8)9)25-33(23-29)43(10,11)12/h16-27H,1-15H3. The molecular formula is C45H57F3. The van der Waals surface area contributed by atoms with Crippen LogP contribution in [0.15, 0.2) is 72.8 Å². The zero-order valence-electron chi connectivity index (χ0n) is 32.1. The van der Waals surface area contributed by atoms with Crippen molar-refractivity contribution in [3.05, 3.63) is 106 Å². The second kappa shape index (κ2) is 12.2. The van der Waals surface area contributed by atoms with E-state index in [9.17, 15) is 0 Å². The lowest BCUT2D eigenvalue weighted by Crippen LogP contribution is -2.17. The van der Waals surface area contributed by atoms with E-state index in [4.69, 9.17) is 0 Å². The summed E-state index contributed by atoms with van der Waals surface area (Å²) in [5.74, 6) is 0. The number of hydrogen-bond donors (Lipinski definition) is 0. The first-order valence-electron chi connectivity index (χ1n) is 17.3. The minimum Gasteiger partial charge on any atom is -0.166 e. The van der Waals surface area contributed by atoms with Gasteiger partial charge in [-0.15, -0.1) is 0 Å². The number of rotatable bonds is 3. The molecule has 0 N–H and O–H groups in total. The maximum Gasteiger partial charge on any atom is 0.416 e. The molecule has 48 heavy (non-hydrogen) atoms. The fourth-order valence-electron chi connectivity index (χ4n) is 6.20. The van der Waals surface area contributed by atoms with Gasteiger partial charge in [0, 0.05) is 0 Å². The second-order valence-electron chi connectivity index (χ2n) is 18.8. The van der Waals surface area contributed by atoms with Gasteiger partial charge in [0.05, 0.1) is 5.56 Å². The van der Waals surface area contributed by atoms with Gasteiger partial charge in [-0.25, -0.2) is 0 Å². The first-order valence-corrected chi connectivity index (χ1v) is 17.3. The van der Waals surface area contributed by atoms with Crippen LogP contribution in [0.5, 0.6) is 0 Å². The SMILES string of the molecule is CC(C)(C)c1cc(-c2cc(C(F)(F)F)cc(-c3cc(C(C)(C)C)cc(C(C)(C)C)c3)c2-c2ccccc2C(C)(C)C)cc(C(C)(C)C)c1. The molecule has 0 heterocycles. The zero-order valence-corrected chi connectivity index (χ0v) is 32.1. The molecule has 0 bridgehead atoms. The van der Waals surface area contributed by atoms with Gasteiger partial charge in [0.25, 0.3) is 0 Å².